The van der Waals surface area contributed by atoms with E-state index in [0.717, 1.165) is 0 Å². The largest absolute Gasteiger partial charge is 0.265 e. The van der Waals surface area contributed by atoms with Gasteiger partial charge in [-0.2, -0.15) is 0 Å². The number of unbranched alkanes of at least 4 members (excludes halogenated alkanes) is 6. The highest BCUT2D eigenvalue weighted by Crippen LogP contribution is 2.58. The zero-order valence-corrected chi connectivity index (χ0v) is 26.0. The average molecular weight is 584 g/mol. The van der Waals surface area contributed by atoms with Crippen LogP contribution in [-0.4, -0.2) is 16.5 Å². The Morgan fingerprint density at radius 2 is 1.19 bits per heavy atom. The fourth-order valence-corrected chi connectivity index (χ4v) is 10.9. The molecule has 1 aliphatic rings. The van der Waals surface area contributed by atoms with Crippen molar-refractivity contribution in [3.05, 3.63) is 79.2 Å². The van der Waals surface area contributed by atoms with Crippen LogP contribution in [0.2, 0.25) is 0 Å². The van der Waals surface area contributed by atoms with Crippen molar-refractivity contribution in [2.75, 3.05) is 11.5 Å². The molecule has 0 atom stereocenters. The van der Waals surface area contributed by atoms with Gasteiger partial charge in [-0.05, 0) is 71.4 Å². The van der Waals surface area contributed by atoms with E-state index in [1.54, 1.807) is 0 Å². The van der Waals surface area contributed by atoms with Crippen LogP contribution in [0.4, 0.5) is 0 Å². The van der Waals surface area contributed by atoms with E-state index in [9.17, 15) is 0 Å². The van der Waals surface area contributed by atoms with Crippen LogP contribution < -0.4 is 0 Å². The number of hydrogen-bond acceptors (Lipinski definition) is 6. The van der Waals surface area contributed by atoms with Crippen molar-refractivity contribution in [1.29, 1.82) is 0 Å². The molecule has 0 bridgehead atoms. The molecule has 0 spiro atoms. The number of hydrogen-bond donors (Lipinski definition) is 0. The first-order valence-corrected chi connectivity index (χ1v) is 17.9. The van der Waals surface area contributed by atoms with Crippen LogP contribution in [0.5, 0.6) is 0 Å². The molecule has 0 N–H and O–H groups in total. The van der Waals surface area contributed by atoms with Crippen LogP contribution >= 0.6 is 58.4 Å². The fraction of sp³-hybridized carbons (Fsp3) is 0.387. The molecule has 0 fully saturated rings. The van der Waals surface area contributed by atoms with Crippen molar-refractivity contribution in [3.8, 4) is 20.9 Å². The summed E-state index contributed by atoms with van der Waals surface area (Å²) in [5.74, 6) is 2.49. The molecule has 0 amide bonds. The number of aromatic nitrogens is 1. The Kier molecular flexibility index (Phi) is 12.6. The van der Waals surface area contributed by atoms with Crippen molar-refractivity contribution < 1.29 is 0 Å². The monoisotopic (exact) mass is 583 g/mol. The first-order valence-electron chi connectivity index (χ1n) is 13.4. The molecule has 0 saturated carbocycles. The van der Waals surface area contributed by atoms with E-state index in [-0.39, 0.29) is 0 Å². The number of rotatable bonds is 15. The topological polar surface area (TPSA) is 12.9 Å². The van der Waals surface area contributed by atoms with Gasteiger partial charge in [-0.3, -0.25) is 4.98 Å². The predicted octanol–water partition coefficient (Wildman–Crippen LogP) is 12.0. The lowest BCUT2D eigenvalue weighted by molar-refractivity contribution is 0.707. The summed E-state index contributed by atoms with van der Waals surface area (Å²) in [4.78, 5) is 6.73. The summed E-state index contributed by atoms with van der Waals surface area (Å²) in [6.45, 7) is 4.58. The molecule has 4 rings (SSSR count). The van der Waals surface area contributed by atoms with Gasteiger partial charge >= 0.3 is 0 Å². The van der Waals surface area contributed by atoms with E-state index in [0.29, 0.717) is 0 Å². The second kappa shape index (κ2) is 16.1. The number of benzene rings is 1. The number of thiophene rings is 1. The summed E-state index contributed by atoms with van der Waals surface area (Å²) in [6, 6.07) is 17.7. The third-order valence-corrected chi connectivity index (χ3v) is 12.8. The van der Waals surface area contributed by atoms with Gasteiger partial charge in [0.1, 0.15) is 0 Å². The van der Waals surface area contributed by atoms with E-state index in [2.05, 4.69) is 97.0 Å². The summed E-state index contributed by atoms with van der Waals surface area (Å²) in [5.41, 5.74) is 3.79. The molecule has 1 aliphatic heterocycles. The number of thioether (sulfide) groups is 4. The van der Waals surface area contributed by atoms with E-state index in [1.807, 2.05) is 47.3 Å². The Hall–Kier alpha value is -1.05. The molecule has 0 radical (unpaired) electrons. The number of nitrogens with zero attached hydrogens (tertiary/aromatic N) is 1. The second-order valence-electron chi connectivity index (χ2n) is 9.08. The lowest BCUT2D eigenvalue weighted by Gasteiger charge is -2.05. The maximum absolute atomic E-state index is 4.14. The maximum Gasteiger partial charge on any atom is 0.0659 e. The maximum atomic E-state index is 4.14. The molecule has 1 nitrogen and oxygen atoms in total. The van der Waals surface area contributed by atoms with E-state index in [1.165, 1.54) is 102 Å². The van der Waals surface area contributed by atoms with Crippen LogP contribution in [0.1, 0.15) is 70.8 Å². The molecular weight excluding hydrogens is 547 g/mol. The lowest BCUT2D eigenvalue weighted by atomic mass is 10.1. The summed E-state index contributed by atoms with van der Waals surface area (Å²) < 4.78 is 4.48. The molecule has 0 aliphatic carbocycles. The van der Waals surface area contributed by atoms with Crippen molar-refractivity contribution in [3.63, 3.8) is 0 Å². The second-order valence-corrected chi connectivity index (χ2v) is 15.3. The molecule has 3 aromatic rings. The van der Waals surface area contributed by atoms with Crippen molar-refractivity contribution in [1.82, 2.24) is 4.98 Å². The molecule has 1 aromatic carbocycles. The quantitative estimate of drug-likeness (QED) is 0.165. The first-order chi connectivity index (χ1) is 18.3. The van der Waals surface area contributed by atoms with E-state index < -0.39 is 0 Å². The average Bonchev–Trinajstić information content (AvgIpc) is 3.57. The highest BCUT2D eigenvalue weighted by Gasteiger charge is 2.22. The van der Waals surface area contributed by atoms with Gasteiger partial charge in [-0.25, -0.2) is 0 Å². The van der Waals surface area contributed by atoms with E-state index >= 15 is 0 Å². The van der Waals surface area contributed by atoms with Crippen molar-refractivity contribution >= 4 is 64.5 Å². The minimum atomic E-state index is 1.23. The van der Waals surface area contributed by atoms with Crippen molar-refractivity contribution in [2.24, 2.45) is 0 Å². The summed E-state index contributed by atoms with van der Waals surface area (Å²) in [7, 11) is 0. The Labute approximate surface area is 244 Å². The van der Waals surface area contributed by atoms with Gasteiger partial charge in [0, 0.05) is 22.1 Å². The molecule has 2 aromatic heterocycles. The molecule has 37 heavy (non-hydrogen) atoms. The van der Waals surface area contributed by atoms with E-state index in [4.69, 9.17) is 0 Å². The van der Waals surface area contributed by atoms with Gasteiger partial charge in [0.15, 0.2) is 0 Å². The first kappa shape index (κ1) is 28.9. The Morgan fingerprint density at radius 3 is 1.73 bits per heavy atom. The van der Waals surface area contributed by atoms with Crippen molar-refractivity contribution in [2.45, 2.75) is 65.2 Å². The zero-order chi connectivity index (χ0) is 25.7. The van der Waals surface area contributed by atoms with Gasteiger partial charge in [0.05, 0.1) is 12.7 Å². The molecule has 6 heteroatoms. The zero-order valence-electron chi connectivity index (χ0n) is 21.9. The minimum Gasteiger partial charge on any atom is -0.265 e. The van der Waals surface area contributed by atoms with Gasteiger partial charge in [0.25, 0.3) is 0 Å². The van der Waals surface area contributed by atoms with Gasteiger partial charge in [-0.1, -0.05) is 100 Å². The highest BCUT2D eigenvalue weighted by molar-refractivity contribution is 8.40. The smallest absolute Gasteiger partial charge is 0.0659 e. The highest BCUT2D eigenvalue weighted by atomic mass is 32.3. The number of pyridine rings is 1. The molecular formula is C31H37NS5. The van der Waals surface area contributed by atoms with Crippen LogP contribution in [0.15, 0.2) is 73.6 Å². The Bertz CT molecular complexity index is 1120. The van der Waals surface area contributed by atoms with Gasteiger partial charge in [-0.15, -0.1) is 34.9 Å². The lowest BCUT2D eigenvalue weighted by Crippen LogP contribution is -1.83. The van der Waals surface area contributed by atoms with Crippen LogP contribution in [0.25, 0.3) is 27.0 Å². The normalized spacial score (nSPS) is 13.5. The van der Waals surface area contributed by atoms with Crippen LogP contribution in [0.3, 0.4) is 0 Å². The molecule has 0 unspecified atom stereocenters. The predicted molar refractivity (Wildman–Crippen MR) is 176 cm³/mol. The standard InChI is InChI=1S/C31H37NS5/c1-3-5-7-9-21-33-30-31(34-22-10-8-6-4-2)37-29(36-30)23-24-11-13-25(14-12-24)27-15-16-28(35-27)26-17-19-32-20-18-26/h11-20,23H,3-10,21-22H2,1-2H3. The third kappa shape index (κ3) is 9.28. The summed E-state index contributed by atoms with van der Waals surface area (Å²) in [6.07, 6.45) is 16.8. The summed E-state index contributed by atoms with van der Waals surface area (Å²) >= 11 is 9.99. The summed E-state index contributed by atoms with van der Waals surface area (Å²) in [5, 5.41) is 0. The molecule has 0 saturated heterocycles. The Balaban J connectivity index is 1.37. The van der Waals surface area contributed by atoms with Crippen LogP contribution in [-0.2, 0) is 0 Å². The Morgan fingerprint density at radius 1 is 0.649 bits per heavy atom. The molecule has 3 heterocycles. The third-order valence-electron chi connectivity index (χ3n) is 6.07. The SMILES string of the molecule is CCCCCCSC1=C(SCCCCCC)SC(=Cc2ccc(-c3ccc(-c4ccncc4)s3)cc2)S1. The van der Waals surface area contributed by atoms with Gasteiger partial charge in [0.2, 0.25) is 0 Å². The van der Waals surface area contributed by atoms with Gasteiger partial charge < -0.3 is 0 Å². The van der Waals surface area contributed by atoms with Crippen LogP contribution in [0, 0.1) is 0 Å². The minimum absolute atomic E-state index is 1.23. The molecule has 196 valence electrons. The fourth-order valence-electron chi connectivity index (χ4n) is 3.95.